The first-order valence-electron chi connectivity index (χ1n) is 11.8. The zero-order valence-corrected chi connectivity index (χ0v) is 20.9. The number of piperidine rings is 1. The van der Waals surface area contributed by atoms with Crippen molar-refractivity contribution in [2.45, 2.75) is 38.6 Å². The number of pyridine rings is 1. The van der Waals surface area contributed by atoms with Crippen molar-refractivity contribution in [2.24, 2.45) is 0 Å². The van der Waals surface area contributed by atoms with Gasteiger partial charge in [0.2, 0.25) is 0 Å². The molecule has 1 aromatic carbocycles. The SMILES string of the molecule is Cc1cc(-c2sc(NC(=O)N3CCC4(CCOC(=O)N4)CC3)nc2-c2cccc(C#N)c2)cc(C)n1. The zero-order chi connectivity index (χ0) is 25.3. The Morgan fingerprint density at radius 1 is 1.14 bits per heavy atom. The lowest BCUT2D eigenvalue weighted by Gasteiger charge is -2.43. The fourth-order valence-corrected chi connectivity index (χ4v) is 5.77. The van der Waals surface area contributed by atoms with Crippen molar-refractivity contribution < 1.29 is 14.3 Å². The van der Waals surface area contributed by atoms with Crippen molar-refractivity contribution in [2.75, 3.05) is 25.0 Å². The fourth-order valence-electron chi connectivity index (χ4n) is 4.80. The number of rotatable bonds is 3. The van der Waals surface area contributed by atoms with Crippen molar-refractivity contribution >= 4 is 28.6 Å². The summed E-state index contributed by atoms with van der Waals surface area (Å²) in [5.41, 5.74) is 4.51. The number of hydrogen-bond donors (Lipinski definition) is 2. The third-order valence-electron chi connectivity index (χ3n) is 6.64. The molecule has 2 fully saturated rings. The van der Waals surface area contributed by atoms with E-state index in [1.807, 2.05) is 38.1 Å². The maximum absolute atomic E-state index is 13.1. The van der Waals surface area contributed by atoms with Gasteiger partial charge in [-0.1, -0.05) is 23.5 Å². The number of aromatic nitrogens is 2. The van der Waals surface area contributed by atoms with Gasteiger partial charge in [-0.2, -0.15) is 5.26 Å². The standard InChI is InChI=1S/C26H26N6O3S/c1-16-12-20(13-17(2)28-16)22-21(19-5-3-4-18(14-19)15-27)29-23(36-22)30-24(33)32-9-6-26(7-10-32)8-11-35-25(34)31-26/h3-5,12-14H,6-11H2,1-2H3,(H,31,34)(H,29,30,33). The van der Waals surface area contributed by atoms with Crippen molar-refractivity contribution in [3.63, 3.8) is 0 Å². The van der Waals surface area contributed by atoms with Crippen LogP contribution in [0, 0.1) is 25.2 Å². The minimum Gasteiger partial charge on any atom is -0.449 e. The molecule has 3 aromatic rings. The minimum absolute atomic E-state index is 0.219. The van der Waals surface area contributed by atoms with E-state index in [-0.39, 0.29) is 17.7 Å². The number of thiazole rings is 1. The number of carbonyl (C=O) groups excluding carboxylic acids is 2. The number of hydrogen-bond acceptors (Lipinski definition) is 7. The number of ether oxygens (including phenoxy) is 1. The number of carbonyl (C=O) groups is 2. The number of cyclic esters (lactones) is 1. The van der Waals surface area contributed by atoms with E-state index in [4.69, 9.17) is 9.72 Å². The summed E-state index contributed by atoms with van der Waals surface area (Å²) in [6.07, 6.45) is 1.73. The van der Waals surface area contributed by atoms with Gasteiger partial charge >= 0.3 is 12.1 Å². The van der Waals surface area contributed by atoms with E-state index in [0.29, 0.717) is 48.9 Å². The third kappa shape index (κ3) is 4.88. The van der Waals surface area contributed by atoms with Gasteiger partial charge in [0.15, 0.2) is 5.13 Å². The van der Waals surface area contributed by atoms with E-state index in [1.54, 1.807) is 17.0 Å². The summed E-state index contributed by atoms with van der Waals surface area (Å²) in [4.78, 5) is 36.7. The van der Waals surface area contributed by atoms with Crippen LogP contribution in [0.3, 0.4) is 0 Å². The monoisotopic (exact) mass is 502 g/mol. The molecule has 0 radical (unpaired) electrons. The smallest absolute Gasteiger partial charge is 0.407 e. The van der Waals surface area contributed by atoms with Gasteiger partial charge in [0.05, 0.1) is 28.8 Å². The number of benzene rings is 1. The van der Waals surface area contributed by atoms with Crippen LogP contribution in [0.2, 0.25) is 0 Å². The molecule has 2 N–H and O–H groups in total. The minimum atomic E-state index is -0.385. The number of amides is 3. The lowest BCUT2D eigenvalue weighted by molar-refractivity contribution is 0.0603. The summed E-state index contributed by atoms with van der Waals surface area (Å²) >= 11 is 1.40. The molecule has 3 amide bonds. The van der Waals surface area contributed by atoms with Crippen LogP contribution in [-0.2, 0) is 4.74 Å². The Balaban J connectivity index is 1.40. The van der Waals surface area contributed by atoms with E-state index in [2.05, 4.69) is 21.7 Å². The van der Waals surface area contributed by atoms with Crippen LogP contribution >= 0.6 is 11.3 Å². The molecule has 0 atom stereocenters. The summed E-state index contributed by atoms with van der Waals surface area (Å²) in [5.74, 6) is 0. The molecule has 184 valence electrons. The number of nitrogens with zero attached hydrogens (tertiary/aromatic N) is 4. The molecular weight excluding hydrogens is 476 g/mol. The largest absolute Gasteiger partial charge is 0.449 e. The summed E-state index contributed by atoms with van der Waals surface area (Å²) in [5, 5.41) is 15.8. The maximum atomic E-state index is 13.1. The molecular formula is C26H26N6O3S. The van der Waals surface area contributed by atoms with Gasteiger partial charge in [-0.25, -0.2) is 14.6 Å². The molecule has 0 aliphatic carbocycles. The molecule has 2 aliphatic rings. The second-order valence-corrected chi connectivity index (χ2v) is 10.2. The first-order valence-corrected chi connectivity index (χ1v) is 12.6. The van der Waals surface area contributed by atoms with Gasteiger partial charge < -0.3 is 15.0 Å². The normalized spacial score (nSPS) is 16.7. The first-order chi connectivity index (χ1) is 17.3. The van der Waals surface area contributed by atoms with Crippen LogP contribution in [0.4, 0.5) is 14.7 Å². The van der Waals surface area contributed by atoms with Gasteiger partial charge in [0.1, 0.15) is 0 Å². The van der Waals surface area contributed by atoms with Gasteiger partial charge in [0.25, 0.3) is 0 Å². The number of aryl methyl sites for hydroxylation is 2. The fraction of sp³-hybridized carbons (Fsp3) is 0.346. The number of nitrogens with one attached hydrogen (secondary N) is 2. The van der Waals surface area contributed by atoms with Gasteiger partial charge in [-0.3, -0.25) is 10.3 Å². The second-order valence-electron chi connectivity index (χ2n) is 9.24. The lowest BCUT2D eigenvalue weighted by atomic mass is 9.84. The summed E-state index contributed by atoms with van der Waals surface area (Å²) in [6.45, 7) is 5.36. The zero-order valence-electron chi connectivity index (χ0n) is 20.1. The summed E-state index contributed by atoms with van der Waals surface area (Å²) in [6, 6.07) is 13.3. The third-order valence-corrected chi connectivity index (χ3v) is 7.66. The molecule has 0 bridgehead atoms. The maximum Gasteiger partial charge on any atom is 0.407 e. The molecule has 2 aliphatic heterocycles. The van der Waals surface area contributed by atoms with Crippen molar-refractivity contribution in [3.05, 3.63) is 53.3 Å². The molecule has 36 heavy (non-hydrogen) atoms. The molecule has 5 rings (SSSR count). The summed E-state index contributed by atoms with van der Waals surface area (Å²) in [7, 11) is 0. The average Bonchev–Trinajstić information content (AvgIpc) is 3.27. The van der Waals surface area contributed by atoms with Crippen molar-refractivity contribution in [1.82, 2.24) is 20.2 Å². The highest BCUT2D eigenvalue weighted by Crippen LogP contribution is 2.40. The Morgan fingerprint density at radius 2 is 1.89 bits per heavy atom. The van der Waals surface area contributed by atoms with Crippen LogP contribution in [0.15, 0.2) is 36.4 Å². The lowest BCUT2D eigenvalue weighted by Crippen LogP contribution is -2.59. The predicted octanol–water partition coefficient (Wildman–Crippen LogP) is 4.86. The molecule has 0 unspecified atom stereocenters. The Morgan fingerprint density at radius 3 is 2.58 bits per heavy atom. The first kappa shape index (κ1) is 23.8. The van der Waals surface area contributed by atoms with Crippen molar-refractivity contribution in [3.8, 4) is 27.8 Å². The number of nitriles is 1. The average molecular weight is 503 g/mol. The molecule has 2 saturated heterocycles. The highest BCUT2D eigenvalue weighted by molar-refractivity contribution is 7.19. The molecule has 1 spiro atoms. The van der Waals surface area contributed by atoms with Crippen LogP contribution in [-0.4, -0.2) is 52.2 Å². The molecule has 10 heteroatoms. The van der Waals surface area contributed by atoms with Crippen LogP contribution < -0.4 is 10.6 Å². The predicted molar refractivity (Wildman–Crippen MR) is 137 cm³/mol. The Hall–Kier alpha value is -3.97. The van der Waals surface area contributed by atoms with E-state index in [0.717, 1.165) is 33.8 Å². The number of anilines is 1. The van der Waals surface area contributed by atoms with Crippen LogP contribution in [0.25, 0.3) is 21.7 Å². The van der Waals surface area contributed by atoms with Crippen LogP contribution in [0.5, 0.6) is 0 Å². The Bertz CT molecular complexity index is 1350. The summed E-state index contributed by atoms with van der Waals surface area (Å²) < 4.78 is 5.00. The highest BCUT2D eigenvalue weighted by atomic mass is 32.1. The van der Waals surface area contributed by atoms with Gasteiger partial charge in [-0.15, -0.1) is 0 Å². The molecule has 0 saturated carbocycles. The Labute approximate surface area is 213 Å². The van der Waals surface area contributed by atoms with E-state index < -0.39 is 0 Å². The second kappa shape index (κ2) is 9.59. The number of alkyl carbamates (subject to hydrolysis) is 1. The number of likely N-dealkylation sites (tertiary alicyclic amines) is 1. The van der Waals surface area contributed by atoms with Crippen LogP contribution in [0.1, 0.15) is 36.2 Å². The number of urea groups is 1. The molecule has 4 heterocycles. The van der Waals surface area contributed by atoms with E-state index in [9.17, 15) is 14.9 Å². The Kier molecular flexibility index (Phi) is 6.33. The van der Waals surface area contributed by atoms with Crippen molar-refractivity contribution in [1.29, 1.82) is 5.26 Å². The molecule has 9 nitrogen and oxygen atoms in total. The quantitative estimate of drug-likeness (QED) is 0.528. The van der Waals surface area contributed by atoms with Gasteiger partial charge in [-0.05, 0) is 56.5 Å². The van der Waals surface area contributed by atoms with Gasteiger partial charge in [0, 0.05) is 42.0 Å². The van der Waals surface area contributed by atoms with E-state index in [1.165, 1.54) is 11.3 Å². The topological polar surface area (TPSA) is 120 Å². The van der Waals surface area contributed by atoms with E-state index >= 15 is 0 Å². The molecule has 2 aromatic heterocycles. The highest BCUT2D eigenvalue weighted by Gasteiger charge is 2.40.